The molecule has 0 bridgehead atoms. The second-order valence-corrected chi connectivity index (χ2v) is 6.59. The maximum atomic E-state index is 11.3. The predicted octanol–water partition coefficient (Wildman–Crippen LogP) is 3.67. The number of fused-ring (bicyclic) bond motifs is 1. The lowest BCUT2D eigenvalue weighted by molar-refractivity contribution is 0.112. The van der Waals surface area contributed by atoms with Crippen molar-refractivity contribution >= 4 is 34.1 Å². The molecule has 1 aliphatic heterocycles. The molecule has 21 heavy (non-hydrogen) atoms. The molecular formula is C16H19N3OS. The Morgan fingerprint density at radius 2 is 1.95 bits per heavy atom. The van der Waals surface area contributed by atoms with Crippen LogP contribution in [0.1, 0.15) is 35.1 Å². The van der Waals surface area contributed by atoms with E-state index in [2.05, 4.69) is 48.9 Å². The highest BCUT2D eigenvalue weighted by Gasteiger charge is 2.25. The number of thiazole rings is 1. The standard InChI is InChI=1S/C16H19N3OS/c1-11(2)15-14(10-20)21-16(17-15)19-9-8-18(3)12-6-4-5-7-13(12)19/h4-7,10-11H,8-9H2,1-3H3. The summed E-state index contributed by atoms with van der Waals surface area (Å²) in [4.78, 5) is 21.2. The molecule has 0 spiro atoms. The molecule has 1 aromatic heterocycles. The van der Waals surface area contributed by atoms with E-state index >= 15 is 0 Å². The van der Waals surface area contributed by atoms with Gasteiger partial charge in [-0.15, -0.1) is 0 Å². The Morgan fingerprint density at radius 3 is 2.57 bits per heavy atom. The number of carbonyl (C=O) groups excluding carboxylic acids is 1. The van der Waals surface area contributed by atoms with Crippen molar-refractivity contribution in [2.24, 2.45) is 0 Å². The van der Waals surface area contributed by atoms with Gasteiger partial charge in [0.05, 0.1) is 21.9 Å². The van der Waals surface area contributed by atoms with Crippen molar-refractivity contribution < 1.29 is 4.79 Å². The van der Waals surface area contributed by atoms with Crippen molar-refractivity contribution in [1.29, 1.82) is 0 Å². The number of hydrogen-bond donors (Lipinski definition) is 0. The number of hydrogen-bond acceptors (Lipinski definition) is 5. The van der Waals surface area contributed by atoms with Gasteiger partial charge in [0.15, 0.2) is 11.4 Å². The fourth-order valence-corrected chi connectivity index (χ4v) is 3.72. The quantitative estimate of drug-likeness (QED) is 0.811. The molecule has 4 nitrogen and oxygen atoms in total. The van der Waals surface area contributed by atoms with Gasteiger partial charge >= 0.3 is 0 Å². The number of aromatic nitrogens is 1. The molecule has 5 heteroatoms. The highest BCUT2D eigenvalue weighted by Crippen LogP contribution is 2.39. The molecule has 3 rings (SSSR count). The Morgan fingerprint density at radius 1 is 1.24 bits per heavy atom. The molecule has 0 amide bonds. The monoisotopic (exact) mass is 301 g/mol. The van der Waals surface area contributed by atoms with E-state index in [0.29, 0.717) is 0 Å². The summed E-state index contributed by atoms with van der Waals surface area (Å²) in [6.45, 7) is 5.98. The number of anilines is 3. The van der Waals surface area contributed by atoms with Gasteiger partial charge in [-0.1, -0.05) is 37.3 Å². The second kappa shape index (κ2) is 5.48. The van der Waals surface area contributed by atoms with Crippen LogP contribution in [0.15, 0.2) is 24.3 Å². The van der Waals surface area contributed by atoms with E-state index in [1.54, 1.807) is 0 Å². The molecule has 0 N–H and O–H groups in total. The van der Waals surface area contributed by atoms with E-state index in [9.17, 15) is 4.79 Å². The van der Waals surface area contributed by atoms with Crippen molar-refractivity contribution in [2.75, 3.05) is 29.9 Å². The first-order chi connectivity index (χ1) is 10.1. The molecule has 110 valence electrons. The first-order valence-corrected chi connectivity index (χ1v) is 7.97. The van der Waals surface area contributed by atoms with Gasteiger partial charge in [0.2, 0.25) is 0 Å². The van der Waals surface area contributed by atoms with Gasteiger partial charge in [-0.3, -0.25) is 4.79 Å². The summed E-state index contributed by atoms with van der Waals surface area (Å²) in [6.07, 6.45) is 0.929. The summed E-state index contributed by atoms with van der Waals surface area (Å²) in [5, 5.41) is 0.918. The van der Waals surface area contributed by atoms with Gasteiger partial charge in [0.1, 0.15) is 0 Å². The molecule has 0 unspecified atom stereocenters. The molecule has 0 aliphatic carbocycles. The summed E-state index contributed by atoms with van der Waals surface area (Å²) in [5.41, 5.74) is 3.27. The fraction of sp³-hybridized carbons (Fsp3) is 0.375. The topological polar surface area (TPSA) is 36.4 Å². The molecule has 1 aromatic carbocycles. The number of benzene rings is 1. The Hall–Kier alpha value is -1.88. The molecule has 0 atom stereocenters. The molecule has 0 saturated carbocycles. The van der Waals surface area contributed by atoms with Crippen LogP contribution < -0.4 is 9.80 Å². The van der Waals surface area contributed by atoms with Gasteiger partial charge in [0, 0.05) is 20.1 Å². The zero-order valence-corrected chi connectivity index (χ0v) is 13.4. The third kappa shape index (κ3) is 2.42. The van der Waals surface area contributed by atoms with Crippen LogP contribution in [0.25, 0.3) is 0 Å². The molecule has 0 radical (unpaired) electrons. The molecule has 2 aromatic rings. The van der Waals surface area contributed by atoms with Crippen LogP contribution in [0.4, 0.5) is 16.5 Å². The highest BCUT2D eigenvalue weighted by molar-refractivity contribution is 7.17. The number of rotatable bonds is 3. The fourth-order valence-electron chi connectivity index (χ4n) is 2.65. The summed E-state index contributed by atoms with van der Waals surface area (Å²) < 4.78 is 0. The molecule has 0 saturated heterocycles. The minimum absolute atomic E-state index is 0.262. The van der Waals surface area contributed by atoms with Gasteiger partial charge in [0.25, 0.3) is 0 Å². The lowest BCUT2D eigenvalue weighted by Gasteiger charge is -2.35. The minimum Gasteiger partial charge on any atom is -0.371 e. The molecule has 1 aliphatic rings. The van der Waals surface area contributed by atoms with Crippen LogP contribution in [0.5, 0.6) is 0 Å². The summed E-state index contributed by atoms with van der Waals surface area (Å²) in [7, 11) is 2.11. The number of nitrogens with zero attached hydrogens (tertiary/aromatic N) is 3. The number of aldehydes is 1. The summed E-state index contributed by atoms with van der Waals surface area (Å²) in [5.74, 6) is 0.262. The normalized spacial score (nSPS) is 14.5. The van der Waals surface area contributed by atoms with Crippen LogP contribution in [-0.4, -0.2) is 31.4 Å². The first kappa shape index (κ1) is 14.1. The van der Waals surface area contributed by atoms with Gasteiger partial charge < -0.3 is 9.80 Å². The zero-order chi connectivity index (χ0) is 15.0. The summed E-state index contributed by atoms with van der Waals surface area (Å²) in [6, 6.07) is 8.33. The molecule has 2 heterocycles. The maximum Gasteiger partial charge on any atom is 0.190 e. The van der Waals surface area contributed by atoms with Crippen LogP contribution >= 0.6 is 11.3 Å². The van der Waals surface area contributed by atoms with Gasteiger partial charge in [-0.2, -0.15) is 0 Å². The van der Waals surface area contributed by atoms with Crippen LogP contribution in [0.2, 0.25) is 0 Å². The SMILES string of the molecule is CC(C)c1nc(N2CCN(C)c3ccccc32)sc1C=O. The second-order valence-electron chi connectivity index (χ2n) is 5.58. The van der Waals surface area contributed by atoms with Crippen molar-refractivity contribution in [3.8, 4) is 0 Å². The Balaban J connectivity index is 2.06. The third-order valence-electron chi connectivity index (χ3n) is 3.80. The number of para-hydroxylation sites is 2. The third-order valence-corrected chi connectivity index (χ3v) is 4.82. The van der Waals surface area contributed by atoms with Crippen LogP contribution in [0, 0.1) is 0 Å². The largest absolute Gasteiger partial charge is 0.371 e. The Labute approximate surface area is 129 Å². The first-order valence-electron chi connectivity index (χ1n) is 7.15. The van der Waals surface area contributed by atoms with E-state index in [1.807, 2.05) is 6.07 Å². The van der Waals surface area contributed by atoms with Crippen molar-refractivity contribution in [2.45, 2.75) is 19.8 Å². The van der Waals surface area contributed by atoms with Crippen molar-refractivity contribution in [3.63, 3.8) is 0 Å². The average molecular weight is 301 g/mol. The van der Waals surface area contributed by atoms with Crippen LogP contribution in [0.3, 0.4) is 0 Å². The van der Waals surface area contributed by atoms with E-state index < -0.39 is 0 Å². The lowest BCUT2D eigenvalue weighted by atomic mass is 10.1. The maximum absolute atomic E-state index is 11.3. The van der Waals surface area contributed by atoms with Crippen LogP contribution in [-0.2, 0) is 0 Å². The van der Waals surface area contributed by atoms with Crippen molar-refractivity contribution in [1.82, 2.24) is 4.98 Å². The average Bonchev–Trinajstić information content (AvgIpc) is 2.92. The van der Waals surface area contributed by atoms with Crippen molar-refractivity contribution in [3.05, 3.63) is 34.8 Å². The molecular weight excluding hydrogens is 282 g/mol. The van der Waals surface area contributed by atoms with E-state index in [-0.39, 0.29) is 5.92 Å². The summed E-state index contributed by atoms with van der Waals surface area (Å²) >= 11 is 1.49. The van der Waals surface area contributed by atoms with Gasteiger partial charge in [-0.05, 0) is 18.1 Å². The Bertz CT molecular complexity index is 665. The zero-order valence-electron chi connectivity index (χ0n) is 12.5. The van der Waals surface area contributed by atoms with E-state index in [4.69, 9.17) is 4.98 Å². The van der Waals surface area contributed by atoms with E-state index in [0.717, 1.165) is 40.8 Å². The smallest absolute Gasteiger partial charge is 0.190 e. The Kier molecular flexibility index (Phi) is 3.68. The minimum atomic E-state index is 0.262. The lowest BCUT2D eigenvalue weighted by Crippen LogP contribution is -2.36. The molecule has 0 fully saturated rings. The number of likely N-dealkylation sites (N-methyl/N-ethyl adjacent to an activating group) is 1. The number of carbonyl (C=O) groups is 1. The predicted molar refractivity (Wildman–Crippen MR) is 88.3 cm³/mol. The highest BCUT2D eigenvalue weighted by atomic mass is 32.1. The van der Waals surface area contributed by atoms with E-state index in [1.165, 1.54) is 17.0 Å². The van der Waals surface area contributed by atoms with Gasteiger partial charge in [-0.25, -0.2) is 4.98 Å².